The van der Waals surface area contributed by atoms with Gasteiger partial charge in [0.2, 0.25) is 0 Å². The predicted molar refractivity (Wildman–Crippen MR) is 89.7 cm³/mol. The molecule has 0 unspecified atom stereocenters. The molecule has 0 aliphatic heterocycles. The van der Waals surface area contributed by atoms with E-state index in [-0.39, 0.29) is 0 Å². The largest absolute Gasteiger partial charge is 0.370 e. The minimum atomic E-state index is -3.20. The van der Waals surface area contributed by atoms with Gasteiger partial charge in [-0.1, -0.05) is 30.3 Å². The summed E-state index contributed by atoms with van der Waals surface area (Å²) in [5.41, 5.74) is 8.32. The number of nitrogens with zero attached hydrogens (tertiary/aromatic N) is 1. The highest BCUT2D eigenvalue weighted by Gasteiger charge is 2.10. The molecule has 0 radical (unpaired) electrons. The zero-order chi connectivity index (χ0) is 16.2. The Labute approximate surface area is 130 Å². The number of anilines is 1. The number of rotatable bonds is 4. The Morgan fingerprint density at radius 3 is 2.45 bits per heavy atom. The molecule has 2 aromatic carbocycles. The molecule has 2 aromatic rings. The van der Waals surface area contributed by atoms with Gasteiger partial charge in [0.05, 0.1) is 11.4 Å². The topological polar surface area (TPSA) is 84.5 Å². The van der Waals surface area contributed by atoms with E-state index < -0.39 is 9.84 Å². The Hall–Kier alpha value is -2.34. The zero-order valence-electron chi connectivity index (χ0n) is 12.6. The molecule has 0 fully saturated rings. The van der Waals surface area contributed by atoms with Crippen LogP contribution in [0, 0.1) is 6.92 Å². The number of benzene rings is 2. The number of aliphatic imine (C=N–C) groups is 1. The van der Waals surface area contributed by atoms with E-state index in [9.17, 15) is 8.42 Å². The highest BCUT2D eigenvalue weighted by Crippen LogP contribution is 2.17. The van der Waals surface area contributed by atoms with Crippen molar-refractivity contribution in [2.75, 3.05) is 11.6 Å². The molecule has 2 rings (SSSR count). The third kappa shape index (κ3) is 4.33. The van der Waals surface area contributed by atoms with E-state index in [1.54, 1.807) is 19.1 Å². The van der Waals surface area contributed by atoms with Crippen LogP contribution in [0.25, 0.3) is 0 Å². The van der Waals surface area contributed by atoms with Crippen LogP contribution < -0.4 is 11.1 Å². The van der Waals surface area contributed by atoms with Gasteiger partial charge < -0.3 is 11.1 Å². The van der Waals surface area contributed by atoms with Crippen LogP contribution >= 0.6 is 0 Å². The minimum Gasteiger partial charge on any atom is -0.370 e. The van der Waals surface area contributed by atoms with E-state index >= 15 is 0 Å². The second kappa shape index (κ2) is 6.62. The number of nitrogens with one attached hydrogen (secondary N) is 1. The van der Waals surface area contributed by atoms with Crippen LogP contribution in [0.4, 0.5) is 5.69 Å². The van der Waals surface area contributed by atoms with Gasteiger partial charge in [0, 0.05) is 11.9 Å². The van der Waals surface area contributed by atoms with Crippen molar-refractivity contribution in [2.24, 2.45) is 10.7 Å². The summed E-state index contributed by atoms with van der Waals surface area (Å²) in [5, 5.41) is 2.99. The Bertz CT molecular complexity index is 784. The van der Waals surface area contributed by atoms with Crippen LogP contribution in [-0.4, -0.2) is 20.6 Å². The predicted octanol–water partition coefficient (Wildman–Crippen LogP) is 2.33. The zero-order valence-corrected chi connectivity index (χ0v) is 13.4. The number of hydrogen-bond acceptors (Lipinski definition) is 3. The fourth-order valence-corrected chi connectivity index (χ4v) is 3.07. The summed E-state index contributed by atoms with van der Waals surface area (Å²) < 4.78 is 23.2. The summed E-state index contributed by atoms with van der Waals surface area (Å²) >= 11 is 0. The Morgan fingerprint density at radius 2 is 1.86 bits per heavy atom. The third-order valence-corrected chi connectivity index (χ3v) is 4.37. The SMILES string of the molecule is Cc1cc(CN=C(N)Nc2ccccc2)ccc1S(C)(=O)=O. The molecule has 0 amide bonds. The molecule has 0 aliphatic carbocycles. The molecular weight excluding hydrogens is 298 g/mol. The second-order valence-electron chi connectivity index (χ2n) is 5.06. The van der Waals surface area contributed by atoms with Gasteiger partial charge in [-0.15, -0.1) is 0 Å². The van der Waals surface area contributed by atoms with Gasteiger partial charge in [0.1, 0.15) is 0 Å². The molecule has 0 bridgehead atoms. The first-order valence-electron chi connectivity index (χ1n) is 6.78. The Morgan fingerprint density at radius 1 is 1.18 bits per heavy atom. The maximum absolute atomic E-state index is 11.6. The molecule has 5 nitrogen and oxygen atoms in total. The number of nitrogens with two attached hydrogens (primary N) is 1. The van der Waals surface area contributed by atoms with Gasteiger partial charge in [0.15, 0.2) is 15.8 Å². The van der Waals surface area contributed by atoms with Gasteiger partial charge in [-0.25, -0.2) is 13.4 Å². The number of para-hydroxylation sites is 1. The molecule has 0 spiro atoms. The van der Waals surface area contributed by atoms with E-state index in [1.807, 2.05) is 36.4 Å². The summed E-state index contributed by atoms with van der Waals surface area (Å²) in [6.07, 6.45) is 1.20. The molecule has 0 saturated carbocycles. The minimum absolute atomic E-state index is 0.316. The summed E-state index contributed by atoms with van der Waals surface area (Å²) in [6.45, 7) is 2.16. The molecule has 22 heavy (non-hydrogen) atoms. The van der Waals surface area contributed by atoms with E-state index in [4.69, 9.17) is 5.73 Å². The summed E-state index contributed by atoms with van der Waals surface area (Å²) in [6, 6.07) is 14.7. The summed E-state index contributed by atoms with van der Waals surface area (Å²) in [7, 11) is -3.20. The van der Waals surface area contributed by atoms with Gasteiger partial charge in [-0.3, -0.25) is 0 Å². The highest BCUT2D eigenvalue weighted by molar-refractivity contribution is 7.90. The van der Waals surface area contributed by atoms with Crippen molar-refractivity contribution in [1.29, 1.82) is 0 Å². The first-order valence-corrected chi connectivity index (χ1v) is 8.67. The standard InChI is InChI=1S/C16H19N3O2S/c1-12-10-13(8-9-15(12)22(2,20)21)11-18-16(17)19-14-6-4-3-5-7-14/h3-10H,11H2,1-2H3,(H3,17,18,19). The van der Waals surface area contributed by atoms with E-state index in [0.717, 1.165) is 11.3 Å². The third-order valence-electron chi connectivity index (χ3n) is 3.12. The summed E-state index contributed by atoms with van der Waals surface area (Å²) in [4.78, 5) is 4.60. The fourth-order valence-electron chi connectivity index (χ4n) is 2.11. The van der Waals surface area contributed by atoms with Crippen LogP contribution in [0.5, 0.6) is 0 Å². The van der Waals surface area contributed by atoms with Crippen molar-refractivity contribution in [1.82, 2.24) is 0 Å². The molecule has 3 N–H and O–H groups in total. The van der Waals surface area contributed by atoms with Gasteiger partial charge in [-0.05, 0) is 36.2 Å². The fraction of sp³-hybridized carbons (Fsp3) is 0.188. The van der Waals surface area contributed by atoms with Crippen LogP contribution in [0.15, 0.2) is 58.4 Å². The van der Waals surface area contributed by atoms with Gasteiger partial charge >= 0.3 is 0 Å². The van der Waals surface area contributed by atoms with E-state index in [0.29, 0.717) is 23.0 Å². The maximum Gasteiger partial charge on any atom is 0.193 e. The van der Waals surface area contributed by atoms with Crippen molar-refractivity contribution in [3.05, 3.63) is 59.7 Å². The molecule has 0 heterocycles. The van der Waals surface area contributed by atoms with Crippen molar-refractivity contribution >= 4 is 21.5 Å². The van der Waals surface area contributed by atoms with Gasteiger partial charge in [0.25, 0.3) is 0 Å². The lowest BCUT2D eigenvalue weighted by molar-refractivity contribution is 0.601. The van der Waals surface area contributed by atoms with Gasteiger partial charge in [-0.2, -0.15) is 0 Å². The quantitative estimate of drug-likeness (QED) is 0.669. The first-order chi connectivity index (χ1) is 10.4. The number of guanidine groups is 1. The number of hydrogen-bond donors (Lipinski definition) is 2. The average Bonchev–Trinajstić information content (AvgIpc) is 2.45. The van der Waals surface area contributed by atoms with Crippen molar-refractivity contribution in [3.8, 4) is 0 Å². The lowest BCUT2D eigenvalue weighted by atomic mass is 10.1. The van der Waals surface area contributed by atoms with Crippen LogP contribution in [0.2, 0.25) is 0 Å². The maximum atomic E-state index is 11.6. The number of aryl methyl sites for hydroxylation is 1. The Kier molecular flexibility index (Phi) is 4.82. The van der Waals surface area contributed by atoms with Crippen molar-refractivity contribution in [2.45, 2.75) is 18.4 Å². The molecule has 0 aliphatic rings. The Balaban J connectivity index is 2.08. The second-order valence-corrected chi connectivity index (χ2v) is 7.05. The average molecular weight is 317 g/mol. The molecule has 0 saturated heterocycles. The van der Waals surface area contributed by atoms with Crippen LogP contribution in [0.3, 0.4) is 0 Å². The van der Waals surface area contributed by atoms with Crippen molar-refractivity contribution in [3.63, 3.8) is 0 Å². The molecular formula is C16H19N3O2S. The lowest BCUT2D eigenvalue weighted by Gasteiger charge is -2.07. The molecule has 0 atom stereocenters. The normalized spacial score (nSPS) is 12.2. The van der Waals surface area contributed by atoms with Crippen molar-refractivity contribution < 1.29 is 8.42 Å². The lowest BCUT2D eigenvalue weighted by Crippen LogP contribution is -2.22. The highest BCUT2D eigenvalue weighted by atomic mass is 32.2. The van der Waals surface area contributed by atoms with E-state index in [2.05, 4.69) is 10.3 Å². The smallest absolute Gasteiger partial charge is 0.193 e. The first kappa shape index (κ1) is 16.0. The van der Waals surface area contributed by atoms with Crippen LogP contribution in [-0.2, 0) is 16.4 Å². The molecule has 0 aromatic heterocycles. The summed E-state index contributed by atoms with van der Waals surface area (Å²) in [5.74, 6) is 0.316. The van der Waals surface area contributed by atoms with E-state index in [1.165, 1.54) is 6.26 Å². The van der Waals surface area contributed by atoms with Crippen LogP contribution in [0.1, 0.15) is 11.1 Å². The molecule has 116 valence electrons. The monoisotopic (exact) mass is 317 g/mol. The molecule has 6 heteroatoms. The number of sulfone groups is 1.